The Hall–Kier alpha value is -2.83. The van der Waals surface area contributed by atoms with E-state index in [1.165, 1.54) is 11.6 Å². The van der Waals surface area contributed by atoms with Crippen molar-refractivity contribution in [3.05, 3.63) is 57.7 Å². The first-order valence-electron chi connectivity index (χ1n) is 11.6. The smallest absolute Gasteiger partial charge is 0.256 e. The molecule has 0 spiro atoms. The summed E-state index contributed by atoms with van der Waals surface area (Å²) in [6.45, 7) is 8.05. The number of carbonyl (C=O) groups excluding carboxylic acids is 2. The zero-order valence-electron chi connectivity index (χ0n) is 19.2. The predicted molar refractivity (Wildman–Crippen MR) is 120 cm³/mol. The maximum atomic E-state index is 14.6. The van der Waals surface area contributed by atoms with Crippen LogP contribution in [0.2, 0.25) is 0 Å². The molecule has 2 heterocycles. The molecule has 0 unspecified atom stereocenters. The summed E-state index contributed by atoms with van der Waals surface area (Å²) in [7, 11) is 0. The van der Waals surface area contributed by atoms with Gasteiger partial charge in [-0.15, -0.1) is 0 Å². The number of piperazine rings is 1. The van der Waals surface area contributed by atoms with Crippen LogP contribution in [-0.4, -0.2) is 58.0 Å². The molecule has 4 rings (SSSR count). The Bertz CT molecular complexity index is 1030. The number of halogens is 1. The largest absolute Gasteiger partial charge is 0.339 e. The molecule has 170 valence electrons. The van der Waals surface area contributed by atoms with Gasteiger partial charge in [0.05, 0.1) is 17.0 Å². The van der Waals surface area contributed by atoms with Crippen LogP contribution in [0, 0.1) is 25.6 Å². The first-order chi connectivity index (χ1) is 15.4. The van der Waals surface area contributed by atoms with Crippen LogP contribution >= 0.6 is 0 Å². The van der Waals surface area contributed by atoms with E-state index in [0.717, 1.165) is 48.2 Å². The second kappa shape index (κ2) is 9.35. The fourth-order valence-electron chi connectivity index (χ4n) is 4.36. The maximum absolute atomic E-state index is 14.6. The highest BCUT2D eigenvalue weighted by molar-refractivity contribution is 5.95. The number of aromatic nitrogens is 2. The zero-order valence-corrected chi connectivity index (χ0v) is 19.2. The van der Waals surface area contributed by atoms with E-state index in [0.29, 0.717) is 32.6 Å². The van der Waals surface area contributed by atoms with Crippen molar-refractivity contribution in [3.63, 3.8) is 0 Å². The van der Waals surface area contributed by atoms with Crippen molar-refractivity contribution < 1.29 is 14.0 Å². The Kier molecular flexibility index (Phi) is 6.53. The number of carbonyl (C=O) groups is 2. The second-order valence-corrected chi connectivity index (χ2v) is 8.97. The molecule has 6 nitrogen and oxygen atoms in total. The monoisotopic (exact) mass is 438 g/mol. The van der Waals surface area contributed by atoms with E-state index in [4.69, 9.17) is 0 Å². The highest BCUT2D eigenvalue weighted by atomic mass is 19.1. The quantitative estimate of drug-likeness (QED) is 0.693. The van der Waals surface area contributed by atoms with Crippen LogP contribution in [0.3, 0.4) is 0 Å². The van der Waals surface area contributed by atoms with Crippen LogP contribution in [0.5, 0.6) is 0 Å². The van der Waals surface area contributed by atoms with Gasteiger partial charge < -0.3 is 9.80 Å². The van der Waals surface area contributed by atoms with Gasteiger partial charge in [-0.05, 0) is 61.9 Å². The molecule has 1 saturated carbocycles. The first-order valence-corrected chi connectivity index (χ1v) is 11.6. The maximum Gasteiger partial charge on any atom is 0.256 e. The van der Waals surface area contributed by atoms with E-state index in [1.54, 1.807) is 17.0 Å². The van der Waals surface area contributed by atoms with Gasteiger partial charge in [-0.2, -0.15) is 10.2 Å². The third-order valence-corrected chi connectivity index (χ3v) is 6.60. The summed E-state index contributed by atoms with van der Waals surface area (Å²) in [6.07, 6.45) is 4.37. The van der Waals surface area contributed by atoms with Crippen molar-refractivity contribution in [2.45, 2.75) is 52.9 Å². The topological polar surface area (TPSA) is 66.4 Å². The van der Waals surface area contributed by atoms with Crippen molar-refractivity contribution in [2.75, 3.05) is 26.2 Å². The van der Waals surface area contributed by atoms with Crippen molar-refractivity contribution in [1.82, 2.24) is 20.0 Å². The van der Waals surface area contributed by atoms with Gasteiger partial charge >= 0.3 is 0 Å². The van der Waals surface area contributed by atoms with Crippen LogP contribution in [0.15, 0.2) is 18.2 Å². The molecule has 1 aromatic carbocycles. The lowest BCUT2D eigenvalue weighted by atomic mass is 9.97. The summed E-state index contributed by atoms with van der Waals surface area (Å²) < 4.78 is 14.6. The summed E-state index contributed by atoms with van der Waals surface area (Å²) in [5.74, 6) is -0.460. The summed E-state index contributed by atoms with van der Waals surface area (Å²) in [5.41, 5.74) is 5.06. The van der Waals surface area contributed by atoms with Crippen LogP contribution in [0.4, 0.5) is 4.39 Å². The molecule has 32 heavy (non-hydrogen) atoms. The minimum atomic E-state index is -0.518. The van der Waals surface area contributed by atoms with E-state index in [9.17, 15) is 14.0 Å². The fraction of sp³-hybridized carbons (Fsp3) is 0.520. The Morgan fingerprint density at radius 1 is 1.06 bits per heavy atom. The molecular weight excluding hydrogens is 407 g/mol. The summed E-state index contributed by atoms with van der Waals surface area (Å²) >= 11 is 0. The van der Waals surface area contributed by atoms with Crippen LogP contribution < -0.4 is 0 Å². The minimum absolute atomic E-state index is 0.0818. The Labute approximate surface area is 188 Å². The average Bonchev–Trinajstić information content (AvgIpc) is 3.64. The standard InChI is InChI=1S/C25H31FN4O2/c1-4-5-20-16(2)17(3)27-28-23(20)15-18-6-9-22(26)21(14-18)25(32)30-12-10-29(11-13-30)24(31)19-7-8-19/h6,9,14,19H,4-5,7-8,10-13,15H2,1-3H3. The van der Waals surface area contributed by atoms with Crippen LogP contribution in [0.1, 0.15) is 64.6 Å². The number of amides is 2. The predicted octanol–water partition coefficient (Wildman–Crippen LogP) is 3.47. The molecule has 2 fully saturated rings. The molecular formula is C25H31FN4O2. The highest BCUT2D eigenvalue weighted by Gasteiger charge is 2.35. The SMILES string of the molecule is CCCc1c(Cc2ccc(F)c(C(=O)N3CCN(C(=O)C4CC4)CC3)c2)nnc(C)c1C. The van der Waals surface area contributed by atoms with E-state index in [-0.39, 0.29) is 23.3 Å². The van der Waals surface area contributed by atoms with Crippen LogP contribution in [-0.2, 0) is 17.6 Å². The van der Waals surface area contributed by atoms with Gasteiger partial charge in [-0.1, -0.05) is 19.4 Å². The third kappa shape index (κ3) is 4.66. The van der Waals surface area contributed by atoms with E-state index >= 15 is 0 Å². The number of benzene rings is 1. The van der Waals surface area contributed by atoms with Crippen molar-refractivity contribution in [2.24, 2.45) is 5.92 Å². The molecule has 0 radical (unpaired) electrons. The van der Waals surface area contributed by atoms with Gasteiger partial charge in [0.1, 0.15) is 5.82 Å². The molecule has 1 aromatic heterocycles. The van der Waals surface area contributed by atoms with Gasteiger partial charge in [-0.25, -0.2) is 4.39 Å². The summed E-state index contributed by atoms with van der Waals surface area (Å²) in [5, 5.41) is 8.68. The average molecular weight is 439 g/mol. The van der Waals surface area contributed by atoms with Gasteiger partial charge in [0.25, 0.3) is 5.91 Å². The molecule has 0 atom stereocenters. The summed E-state index contributed by atoms with van der Waals surface area (Å²) in [6, 6.07) is 4.72. The molecule has 1 aliphatic heterocycles. The third-order valence-electron chi connectivity index (χ3n) is 6.60. The van der Waals surface area contributed by atoms with Crippen molar-refractivity contribution in [3.8, 4) is 0 Å². The Balaban J connectivity index is 1.49. The van der Waals surface area contributed by atoms with Gasteiger partial charge in [0.15, 0.2) is 0 Å². The normalized spacial score (nSPS) is 16.4. The highest BCUT2D eigenvalue weighted by Crippen LogP contribution is 2.31. The number of rotatable bonds is 6. The molecule has 2 aromatic rings. The van der Waals surface area contributed by atoms with E-state index in [2.05, 4.69) is 24.0 Å². The molecule has 2 aliphatic rings. The second-order valence-electron chi connectivity index (χ2n) is 8.97. The molecule has 7 heteroatoms. The molecule has 0 bridgehead atoms. The number of aryl methyl sites for hydroxylation is 1. The lowest BCUT2D eigenvalue weighted by molar-refractivity contribution is -0.134. The molecule has 2 amide bonds. The minimum Gasteiger partial charge on any atom is -0.339 e. The molecule has 0 N–H and O–H groups in total. The fourth-order valence-corrected chi connectivity index (χ4v) is 4.36. The number of hydrogen-bond donors (Lipinski definition) is 0. The van der Waals surface area contributed by atoms with E-state index < -0.39 is 5.82 Å². The van der Waals surface area contributed by atoms with Crippen LogP contribution in [0.25, 0.3) is 0 Å². The lowest BCUT2D eigenvalue weighted by Crippen LogP contribution is -2.51. The van der Waals surface area contributed by atoms with Gasteiger partial charge in [0.2, 0.25) is 5.91 Å². The number of hydrogen-bond acceptors (Lipinski definition) is 4. The van der Waals surface area contributed by atoms with Crippen molar-refractivity contribution in [1.29, 1.82) is 0 Å². The zero-order chi connectivity index (χ0) is 22.8. The Morgan fingerprint density at radius 3 is 2.41 bits per heavy atom. The lowest BCUT2D eigenvalue weighted by Gasteiger charge is -2.35. The van der Waals surface area contributed by atoms with Gasteiger partial charge in [-0.3, -0.25) is 9.59 Å². The Morgan fingerprint density at radius 2 is 1.75 bits per heavy atom. The molecule has 1 saturated heterocycles. The number of nitrogens with zero attached hydrogens (tertiary/aromatic N) is 4. The van der Waals surface area contributed by atoms with Crippen molar-refractivity contribution >= 4 is 11.8 Å². The van der Waals surface area contributed by atoms with Gasteiger partial charge in [0, 0.05) is 38.5 Å². The van der Waals surface area contributed by atoms with E-state index in [1.807, 2.05) is 11.8 Å². The summed E-state index contributed by atoms with van der Waals surface area (Å²) in [4.78, 5) is 28.8. The first kappa shape index (κ1) is 22.4. The molecule has 1 aliphatic carbocycles.